The number of rotatable bonds is 3. The highest BCUT2D eigenvalue weighted by atomic mass is 19.4. The second-order valence-corrected chi connectivity index (χ2v) is 8.28. The Labute approximate surface area is 216 Å². The van der Waals surface area contributed by atoms with Gasteiger partial charge in [0.1, 0.15) is 0 Å². The summed E-state index contributed by atoms with van der Waals surface area (Å²) in [5.74, 6) is -1.59. The number of morpholine rings is 1. The first-order chi connectivity index (χ1) is 18.3. The summed E-state index contributed by atoms with van der Waals surface area (Å²) in [5.41, 5.74) is -3.24. The van der Waals surface area contributed by atoms with E-state index in [-0.39, 0.29) is 18.4 Å². The number of methoxy groups -OCH3 is 1. The first-order valence-corrected chi connectivity index (χ1v) is 11.1. The zero-order valence-corrected chi connectivity index (χ0v) is 19.9. The monoisotopic (exact) mass is 557 g/mol. The number of halogens is 6. The van der Waals surface area contributed by atoms with Gasteiger partial charge in [-0.25, -0.2) is 9.98 Å². The summed E-state index contributed by atoms with van der Waals surface area (Å²) in [5, 5.41) is 10.5. The Morgan fingerprint density at radius 1 is 1.13 bits per heavy atom. The topological polar surface area (TPSA) is 115 Å². The Balaban J connectivity index is 1.53. The van der Waals surface area contributed by atoms with Crippen LogP contribution in [0, 0.1) is 0 Å². The predicted molar refractivity (Wildman–Crippen MR) is 124 cm³/mol. The third kappa shape index (κ3) is 6.15. The zero-order chi connectivity index (χ0) is 28.5. The summed E-state index contributed by atoms with van der Waals surface area (Å²) in [6, 6.07) is 0.686. The average Bonchev–Trinajstić information content (AvgIpc) is 3.37. The molecule has 0 saturated carbocycles. The van der Waals surface area contributed by atoms with Crippen LogP contribution >= 0.6 is 0 Å². The van der Waals surface area contributed by atoms with Gasteiger partial charge in [0.05, 0.1) is 36.1 Å². The number of nitrogens with one attached hydrogen (secondary N) is 1. The van der Waals surface area contributed by atoms with Crippen LogP contribution in [0.25, 0.3) is 0 Å². The molecule has 9 nitrogen and oxygen atoms in total. The number of carbonyl (C=O) groups excluding carboxylic acids is 2. The van der Waals surface area contributed by atoms with Crippen LogP contribution in [-0.4, -0.2) is 67.2 Å². The number of nitrogens with zero attached hydrogens (tertiary/aromatic N) is 3. The van der Waals surface area contributed by atoms with E-state index in [9.17, 15) is 41.0 Å². The van der Waals surface area contributed by atoms with Crippen molar-refractivity contribution in [2.24, 2.45) is 9.98 Å². The number of carbonyl (C=O) groups is 2. The molecular weight excluding hydrogens is 538 g/mol. The van der Waals surface area contributed by atoms with Gasteiger partial charge in [0.25, 0.3) is 11.8 Å². The first-order valence-electron chi connectivity index (χ1n) is 11.1. The van der Waals surface area contributed by atoms with Gasteiger partial charge >= 0.3 is 24.1 Å². The van der Waals surface area contributed by atoms with Gasteiger partial charge in [-0.05, 0) is 42.5 Å². The highest BCUT2D eigenvalue weighted by Crippen LogP contribution is 2.39. The fourth-order valence-corrected chi connectivity index (χ4v) is 3.76. The lowest BCUT2D eigenvalue weighted by Crippen LogP contribution is -2.64. The smallest absolute Gasteiger partial charge is 0.416 e. The number of hydrogen-bond donors (Lipinski definition) is 2. The maximum atomic E-state index is 13.3. The Bertz CT molecular complexity index is 1320. The minimum absolute atomic E-state index is 0.0726. The van der Waals surface area contributed by atoms with Gasteiger partial charge in [-0.15, -0.1) is 0 Å². The summed E-state index contributed by atoms with van der Waals surface area (Å²) in [6.07, 6.45) is -6.84. The molecule has 2 aliphatic heterocycles. The molecule has 1 aromatic rings. The molecule has 39 heavy (non-hydrogen) atoms. The first kappa shape index (κ1) is 27.9. The fourth-order valence-electron chi connectivity index (χ4n) is 3.76. The number of alkyl halides is 6. The van der Waals surface area contributed by atoms with E-state index in [4.69, 9.17) is 9.47 Å². The van der Waals surface area contributed by atoms with Crippen LogP contribution in [-0.2, 0) is 31.4 Å². The van der Waals surface area contributed by atoms with Crippen LogP contribution in [0.3, 0.4) is 0 Å². The van der Waals surface area contributed by atoms with Gasteiger partial charge < -0.3 is 19.5 Å². The lowest BCUT2D eigenvalue weighted by molar-refractivity contribution is -0.388. The van der Waals surface area contributed by atoms with E-state index in [1.54, 1.807) is 12.2 Å². The highest BCUT2D eigenvalue weighted by molar-refractivity contribution is 6.25. The largest absolute Gasteiger partial charge is 0.460 e. The summed E-state index contributed by atoms with van der Waals surface area (Å²) < 4.78 is 89.7. The van der Waals surface area contributed by atoms with Crippen molar-refractivity contribution < 1.29 is 55.5 Å². The van der Waals surface area contributed by atoms with Crippen LogP contribution < -0.4 is 9.89 Å². The van der Waals surface area contributed by atoms with Crippen LogP contribution in [0.15, 0.2) is 63.9 Å². The van der Waals surface area contributed by atoms with Gasteiger partial charge in [-0.2, -0.15) is 26.3 Å². The van der Waals surface area contributed by atoms with Crippen LogP contribution in [0.1, 0.15) is 11.1 Å². The summed E-state index contributed by atoms with van der Waals surface area (Å²) in [6.45, 7) is -0.787. The molecule has 1 fully saturated rings. The molecule has 3 aliphatic rings. The molecule has 0 aromatic heterocycles. The minimum Gasteiger partial charge on any atom is -0.460 e. The summed E-state index contributed by atoms with van der Waals surface area (Å²) in [4.78, 5) is 36.9. The third-order valence-electron chi connectivity index (χ3n) is 5.69. The number of ether oxygens (including phenoxy) is 2. The number of anilines is 1. The number of aliphatic hydroxyl groups excluding tert-OH is 1. The Morgan fingerprint density at radius 3 is 2.28 bits per heavy atom. The van der Waals surface area contributed by atoms with Crippen molar-refractivity contribution in [3.8, 4) is 0 Å². The second kappa shape index (κ2) is 10.6. The molecule has 1 aliphatic carbocycles. The van der Waals surface area contributed by atoms with Gasteiger partial charge in [-0.3, -0.25) is 9.59 Å². The molecule has 15 heteroatoms. The Morgan fingerprint density at radius 2 is 1.74 bits per heavy atom. The third-order valence-corrected chi connectivity index (χ3v) is 5.69. The minimum atomic E-state index is -5.13. The fraction of sp³-hybridized carbons (Fsp3) is 0.292. The maximum absolute atomic E-state index is 13.3. The molecule has 4 rings (SSSR count). The van der Waals surface area contributed by atoms with Crippen molar-refractivity contribution in [3.63, 3.8) is 0 Å². The van der Waals surface area contributed by atoms with Crippen LogP contribution in [0.4, 0.5) is 32.0 Å². The zero-order valence-electron chi connectivity index (χ0n) is 19.9. The molecule has 1 aromatic carbocycles. The molecule has 2 unspecified atom stereocenters. The van der Waals surface area contributed by atoms with Crippen molar-refractivity contribution in [2.45, 2.75) is 24.6 Å². The Hall–Kier alpha value is -4.11. The standard InChI is InChI=1S/C24H18F6N4O5/c1-38-17-11-31-20(33-17)12-2-4-15(5-3-12)32-21(36)18(35)19-22(37)34(6-7-39-19)16-9-13(23(25,26)27)8-14(10-16)24(28,29)30/h2-5,8-11,18-19,35H,6-7H2,1H3/p+1. The molecule has 0 radical (unpaired) electrons. The molecule has 2 atom stereocenters. The van der Waals surface area contributed by atoms with E-state index < -0.39 is 59.7 Å². The quantitative estimate of drug-likeness (QED) is 0.545. The van der Waals surface area contributed by atoms with E-state index in [1.807, 2.05) is 0 Å². The van der Waals surface area contributed by atoms with Gasteiger partial charge in [-0.1, -0.05) is 0 Å². The molecule has 2 N–H and O–H groups in total. The van der Waals surface area contributed by atoms with Gasteiger partial charge in [0, 0.05) is 17.2 Å². The Kier molecular flexibility index (Phi) is 7.57. The normalized spacial score (nSPS) is 20.5. The van der Waals surface area contributed by atoms with Gasteiger partial charge in [0.2, 0.25) is 0 Å². The lowest BCUT2D eigenvalue weighted by atomic mass is 10.0. The SMILES string of the molecule is COC1=NC(=C2C=CC(=NC(=O)C(O)C3OCCN(c4cc(C(F)(F)F)cc(C(F)(F)F)c4)C3=O)C=C2)[NH+]=C1. The van der Waals surface area contributed by atoms with Crippen molar-refractivity contribution in [1.82, 2.24) is 0 Å². The van der Waals surface area contributed by atoms with E-state index >= 15 is 0 Å². The molecule has 2 amide bonds. The van der Waals surface area contributed by atoms with Crippen molar-refractivity contribution in [1.29, 1.82) is 0 Å². The maximum Gasteiger partial charge on any atom is 0.416 e. The van der Waals surface area contributed by atoms with Crippen molar-refractivity contribution >= 4 is 35.3 Å². The van der Waals surface area contributed by atoms with E-state index in [1.165, 1.54) is 25.5 Å². The predicted octanol–water partition coefficient (Wildman–Crippen LogP) is 1.33. The molecule has 1 saturated heterocycles. The van der Waals surface area contributed by atoms with Crippen LogP contribution in [0.2, 0.25) is 0 Å². The number of aliphatic imine (C=N–C) groups is 2. The van der Waals surface area contributed by atoms with Crippen molar-refractivity contribution in [3.05, 3.63) is 65.0 Å². The molecule has 2 heterocycles. The van der Waals surface area contributed by atoms with E-state index in [0.717, 1.165) is 0 Å². The highest BCUT2D eigenvalue weighted by Gasteiger charge is 2.42. The number of aliphatic hydroxyl groups is 1. The summed E-state index contributed by atoms with van der Waals surface area (Å²) >= 11 is 0. The summed E-state index contributed by atoms with van der Waals surface area (Å²) in [7, 11) is 1.44. The van der Waals surface area contributed by atoms with Gasteiger partial charge in [0.15, 0.2) is 18.4 Å². The lowest BCUT2D eigenvalue weighted by Gasteiger charge is -2.34. The molecule has 0 spiro atoms. The number of allylic oxidation sites excluding steroid dienone is 5. The number of benzene rings is 1. The molecular formula is C24H19F6N4O5+. The van der Waals surface area contributed by atoms with Crippen LogP contribution in [0.5, 0.6) is 0 Å². The second-order valence-electron chi connectivity index (χ2n) is 8.28. The van der Waals surface area contributed by atoms with E-state index in [2.05, 4.69) is 15.0 Å². The van der Waals surface area contributed by atoms with Crippen molar-refractivity contribution in [2.75, 3.05) is 25.2 Å². The van der Waals surface area contributed by atoms with E-state index in [0.29, 0.717) is 34.3 Å². The average molecular weight is 557 g/mol. The molecule has 0 bridgehead atoms. The molecule has 206 valence electrons. The number of amides is 2. The number of hydrogen-bond acceptors (Lipinski definition) is 6.